The van der Waals surface area contributed by atoms with Crippen LogP contribution in [0.3, 0.4) is 0 Å². The highest BCUT2D eigenvalue weighted by molar-refractivity contribution is 5.03. The van der Waals surface area contributed by atoms with Crippen molar-refractivity contribution >= 4 is 0 Å². The molecule has 3 N–H and O–H groups in total. The van der Waals surface area contributed by atoms with Crippen LogP contribution in [-0.4, -0.2) is 42.8 Å². The minimum atomic E-state index is 0.287. The molecule has 1 unspecified atom stereocenters. The van der Waals surface area contributed by atoms with Gasteiger partial charge in [-0.2, -0.15) is 0 Å². The third-order valence-corrected chi connectivity index (χ3v) is 5.23. The molecular weight excluding hydrogens is 250 g/mol. The van der Waals surface area contributed by atoms with Gasteiger partial charge in [0.15, 0.2) is 0 Å². The predicted octanol–water partition coefficient (Wildman–Crippen LogP) is 2.29. The first-order chi connectivity index (χ1) is 9.69. The number of rotatable bonds is 7. The van der Waals surface area contributed by atoms with E-state index in [1.165, 1.54) is 44.9 Å². The van der Waals surface area contributed by atoms with E-state index in [9.17, 15) is 0 Å². The molecule has 1 aliphatic carbocycles. The van der Waals surface area contributed by atoms with Crippen LogP contribution in [0, 0.1) is 5.92 Å². The minimum absolute atomic E-state index is 0.287. The Kier molecular flexibility index (Phi) is 6.27. The molecule has 0 amide bonds. The zero-order valence-corrected chi connectivity index (χ0v) is 13.4. The number of morpholine rings is 1. The van der Waals surface area contributed by atoms with Crippen LogP contribution in [0.5, 0.6) is 0 Å². The Hall–Kier alpha value is -0.160. The zero-order chi connectivity index (χ0) is 14.4. The van der Waals surface area contributed by atoms with Gasteiger partial charge < -0.3 is 4.74 Å². The number of nitrogens with two attached hydrogens (primary N) is 1. The van der Waals surface area contributed by atoms with Crippen molar-refractivity contribution in [3.05, 3.63) is 0 Å². The van der Waals surface area contributed by atoms with Gasteiger partial charge in [-0.05, 0) is 25.2 Å². The number of hydrogen-bond acceptors (Lipinski definition) is 4. The van der Waals surface area contributed by atoms with E-state index in [2.05, 4.69) is 24.2 Å². The summed E-state index contributed by atoms with van der Waals surface area (Å²) in [4.78, 5) is 2.67. The summed E-state index contributed by atoms with van der Waals surface area (Å²) in [6.07, 6.45) is 9.06. The largest absolute Gasteiger partial charge is 0.379 e. The number of hydrazine groups is 1. The molecule has 0 aromatic carbocycles. The fraction of sp³-hybridized carbons (Fsp3) is 1.00. The number of nitrogens with zero attached hydrogens (tertiary/aromatic N) is 1. The van der Waals surface area contributed by atoms with Crippen molar-refractivity contribution in [2.45, 2.75) is 70.4 Å². The zero-order valence-electron chi connectivity index (χ0n) is 13.4. The van der Waals surface area contributed by atoms with Crippen LogP contribution in [0.2, 0.25) is 0 Å². The summed E-state index contributed by atoms with van der Waals surface area (Å²) < 4.78 is 5.54. The van der Waals surface area contributed by atoms with Crippen molar-refractivity contribution in [1.82, 2.24) is 10.3 Å². The first-order valence-electron chi connectivity index (χ1n) is 8.48. The predicted molar refractivity (Wildman–Crippen MR) is 83.4 cm³/mol. The van der Waals surface area contributed by atoms with Crippen molar-refractivity contribution in [3.63, 3.8) is 0 Å². The molecule has 1 atom stereocenters. The minimum Gasteiger partial charge on any atom is -0.379 e. The molecule has 1 heterocycles. The molecular formula is C16H33N3O. The fourth-order valence-corrected chi connectivity index (χ4v) is 4.12. The SMILES string of the molecule is CC(C)CCCC(NN)C1(N2CCOCC2)CCCC1. The standard InChI is InChI=1S/C16H33N3O/c1-14(2)6-5-7-15(18-17)16(8-3-4-9-16)19-10-12-20-13-11-19/h14-15,18H,3-13,17H2,1-2H3. The molecule has 0 bridgehead atoms. The van der Waals surface area contributed by atoms with Crippen molar-refractivity contribution in [1.29, 1.82) is 0 Å². The van der Waals surface area contributed by atoms with Gasteiger partial charge in [0.1, 0.15) is 0 Å². The van der Waals surface area contributed by atoms with Gasteiger partial charge in [-0.3, -0.25) is 16.2 Å². The molecule has 118 valence electrons. The first-order valence-corrected chi connectivity index (χ1v) is 8.48. The molecule has 2 rings (SSSR count). The first kappa shape index (κ1) is 16.2. The van der Waals surface area contributed by atoms with E-state index < -0.39 is 0 Å². The van der Waals surface area contributed by atoms with E-state index in [0.717, 1.165) is 32.2 Å². The van der Waals surface area contributed by atoms with Gasteiger partial charge in [-0.15, -0.1) is 0 Å². The highest BCUT2D eigenvalue weighted by Crippen LogP contribution is 2.40. The second-order valence-electron chi connectivity index (χ2n) is 6.95. The quantitative estimate of drug-likeness (QED) is 0.556. The summed E-state index contributed by atoms with van der Waals surface area (Å²) in [5.41, 5.74) is 3.46. The van der Waals surface area contributed by atoms with Crippen LogP contribution in [0.15, 0.2) is 0 Å². The van der Waals surface area contributed by atoms with Gasteiger partial charge in [0.25, 0.3) is 0 Å². The Morgan fingerprint density at radius 3 is 2.35 bits per heavy atom. The maximum atomic E-state index is 5.95. The highest BCUT2D eigenvalue weighted by atomic mass is 16.5. The fourth-order valence-electron chi connectivity index (χ4n) is 4.12. The monoisotopic (exact) mass is 283 g/mol. The molecule has 2 aliphatic rings. The summed E-state index contributed by atoms with van der Waals surface area (Å²) in [7, 11) is 0. The lowest BCUT2D eigenvalue weighted by molar-refractivity contribution is -0.0373. The summed E-state index contributed by atoms with van der Waals surface area (Å²) in [6.45, 7) is 8.51. The number of nitrogens with one attached hydrogen (secondary N) is 1. The third-order valence-electron chi connectivity index (χ3n) is 5.23. The van der Waals surface area contributed by atoms with Crippen LogP contribution in [0.4, 0.5) is 0 Å². The van der Waals surface area contributed by atoms with Gasteiger partial charge in [0.2, 0.25) is 0 Å². The van der Waals surface area contributed by atoms with Gasteiger partial charge >= 0.3 is 0 Å². The number of ether oxygens (including phenoxy) is 1. The molecule has 1 saturated heterocycles. The lowest BCUT2D eigenvalue weighted by Gasteiger charge is -2.48. The Labute approximate surface area is 124 Å². The Morgan fingerprint density at radius 2 is 1.80 bits per heavy atom. The van der Waals surface area contributed by atoms with Crippen molar-refractivity contribution in [2.75, 3.05) is 26.3 Å². The van der Waals surface area contributed by atoms with Gasteiger partial charge in [0, 0.05) is 24.7 Å². The van der Waals surface area contributed by atoms with E-state index >= 15 is 0 Å². The van der Waals surface area contributed by atoms with Gasteiger partial charge in [0.05, 0.1) is 13.2 Å². The summed E-state index contributed by atoms with van der Waals surface area (Å²) >= 11 is 0. The van der Waals surface area contributed by atoms with Crippen molar-refractivity contribution < 1.29 is 4.74 Å². The third kappa shape index (κ3) is 3.73. The topological polar surface area (TPSA) is 50.5 Å². The molecule has 0 radical (unpaired) electrons. The van der Waals surface area contributed by atoms with E-state index in [0.29, 0.717) is 6.04 Å². The molecule has 0 spiro atoms. The van der Waals surface area contributed by atoms with Crippen molar-refractivity contribution in [3.8, 4) is 0 Å². The molecule has 1 saturated carbocycles. The average Bonchev–Trinajstić information content (AvgIpc) is 2.95. The van der Waals surface area contributed by atoms with E-state index in [4.69, 9.17) is 10.6 Å². The Bertz CT molecular complexity index is 271. The summed E-state index contributed by atoms with van der Waals surface area (Å²) in [5, 5.41) is 0. The van der Waals surface area contributed by atoms with Crippen molar-refractivity contribution in [2.24, 2.45) is 11.8 Å². The molecule has 4 heteroatoms. The van der Waals surface area contributed by atoms with Gasteiger partial charge in [-0.1, -0.05) is 39.5 Å². The van der Waals surface area contributed by atoms with Crippen LogP contribution in [0.25, 0.3) is 0 Å². The molecule has 20 heavy (non-hydrogen) atoms. The summed E-state index contributed by atoms with van der Waals surface area (Å²) in [6, 6.07) is 0.432. The van der Waals surface area contributed by atoms with Crippen LogP contribution < -0.4 is 11.3 Å². The maximum Gasteiger partial charge on any atom is 0.0594 e. The molecule has 0 aromatic heterocycles. The van der Waals surface area contributed by atoms with Gasteiger partial charge in [-0.25, -0.2) is 0 Å². The molecule has 0 aromatic rings. The molecule has 2 fully saturated rings. The van der Waals surface area contributed by atoms with E-state index in [-0.39, 0.29) is 5.54 Å². The van der Waals surface area contributed by atoms with Crippen LogP contribution in [0.1, 0.15) is 58.8 Å². The maximum absolute atomic E-state index is 5.95. The molecule has 4 nitrogen and oxygen atoms in total. The van der Waals surface area contributed by atoms with Crippen LogP contribution in [-0.2, 0) is 4.74 Å². The second kappa shape index (κ2) is 7.74. The lowest BCUT2D eigenvalue weighted by atomic mass is 9.82. The summed E-state index contributed by atoms with van der Waals surface area (Å²) in [5.74, 6) is 6.74. The van der Waals surface area contributed by atoms with Crippen LogP contribution >= 0.6 is 0 Å². The average molecular weight is 283 g/mol. The number of hydrogen-bond donors (Lipinski definition) is 2. The Balaban J connectivity index is 2.00. The lowest BCUT2D eigenvalue weighted by Crippen LogP contribution is -2.63. The normalized spacial score (nSPS) is 25.2. The van der Waals surface area contributed by atoms with E-state index in [1.54, 1.807) is 0 Å². The Morgan fingerprint density at radius 1 is 1.15 bits per heavy atom. The van der Waals surface area contributed by atoms with E-state index in [1.807, 2.05) is 0 Å². The highest BCUT2D eigenvalue weighted by Gasteiger charge is 2.45. The smallest absolute Gasteiger partial charge is 0.0594 e. The molecule has 1 aliphatic heterocycles. The second-order valence-corrected chi connectivity index (χ2v) is 6.95.